The Kier molecular flexibility index (Phi) is 8.02. The minimum atomic E-state index is 0.164. The smallest absolute Gasteiger partial charge is 0.253 e. The highest BCUT2D eigenvalue weighted by molar-refractivity contribution is 9.08. The Morgan fingerprint density at radius 3 is 1.86 bits per heavy atom. The van der Waals surface area contributed by atoms with Gasteiger partial charge in [0.2, 0.25) is 0 Å². The molecular weight excluding hydrogens is 326 g/mol. The third-order valence-electron chi connectivity index (χ3n) is 3.60. The lowest BCUT2D eigenvalue weighted by molar-refractivity contribution is 0.0741. The average Bonchev–Trinajstić information content (AvgIpc) is 2.46. The van der Waals surface area contributed by atoms with Crippen LogP contribution in [0.3, 0.4) is 0 Å². The van der Waals surface area contributed by atoms with Gasteiger partial charge in [0.1, 0.15) is 0 Å². The van der Waals surface area contributed by atoms with Gasteiger partial charge in [-0.2, -0.15) is 0 Å². The number of hydrogen-bond donors (Lipinski definition) is 0. The van der Waals surface area contributed by atoms with E-state index in [0.717, 1.165) is 36.8 Å². The monoisotopic (exact) mass is 353 g/mol. The molecule has 0 fully saturated rings. The summed E-state index contributed by atoms with van der Waals surface area (Å²) in [6, 6.07) is 7.92. The number of hydrogen-bond acceptors (Lipinski definition) is 1. The zero-order valence-electron chi connectivity index (χ0n) is 13.7. The molecule has 0 unspecified atom stereocenters. The topological polar surface area (TPSA) is 20.3 Å². The van der Waals surface area contributed by atoms with Crippen LogP contribution in [-0.2, 0) is 5.33 Å². The predicted octanol–water partition coefficient (Wildman–Crippen LogP) is 5.12. The van der Waals surface area contributed by atoms with Crippen LogP contribution in [0.4, 0.5) is 0 Å². The molecule has 0 atom stereocenters. The number of rotatable bonds is 8. The molecule has 1 aromatic carbocycles. The molecule has 118 valence electrons. The lowest BCUT2D eigenvalue weighted by atomic mass is 10.1. The first kappa shape index (κ1) is 18.2. The molecular formula is C18H28BrNO. The Bertz CT molecular complexity index is 413. The lowest BCUT2D eigenvalue weighted by Gasteiger charge is -2.24. The summed E-state index contributed by atoms with van der Waals surface area (Å²) in [5.74, 6) is 1.41. The van der Waals surface area contributed by atoms with Gasteiger partial charge < -0.3 is 4.90 Å². The maximum atomic E-state index is 12.7. The van der Waals surface area contributed by atoms with E-state index in [4.69, 9.17) is 0 Å². The van der Waals surface area contributed by atoms with Crippen LogP contribution in [0.5, 0.6) is 0 Å². The Morgan fingerprint density at radius 2 is 1.48 bits per heavy atom. The van der Waals surface area contributed by atoms with E-state index in [0.29, 0.717) is 11.8 Å². The fourth-order valence-corrected chi connectivity index (χ4v) is 2.44. The third kappa shape index (κ3) is 6.64. The van der Waals surface area contributed by atoms with Crippen molar-refractivity contribution in [3.63, 3.8) is 0 Å². The highest BCUT2D eigenvalue weighted by Gasteiger charge is 2.16. The van der Waals surface area contributed by atoms with Gasteiger partial charge >= 0.3 is 0 Å². The number of carbonyl (C=O) groups excluding carboxylic acids is 1. The molecule has 0 aliphatic carbocycles. The Hall–Kier alpha value is -0.830. The highest BCUT2D eigenvalue weighted by Crippen LogP contribution is 2.13. The van der Waals surface area contributed by atoms with Crippen LogP contribution in [-0.4, -0.2) is 23.9 Å². The van der Waals surface area contributed by atoms with Gasteiger partial charge in [-0.3, -0.25) is 4.79 Å². The molecule has 0 saturated heterocycles. The van der Waals surface area contributed by atoms with E-state index in [1.54, 1.807) is 0 Å². The molecule has 0 spiro atoms. The first-order valence-corrected chi connectivity index (χ1v) is 9.00. The molecule has 0 N–H and O–H groups in total. The van der Waals surface area contributed by atoms with Gasteiger partial charge in [-0.15, -0.1) is 0 Å². The molecule has 0 bridgehead atoms. The standard InChI is InChI=1S/C18H28BrNO/c1-14(2)9-11-20(12-10-15(3)4)18(21)17-7-5-16(13-19)6-8-17/h5-8,14-15H,9-13H2,1-4H3. The SMILES string of the molecule is CC(C)CCN(CCC(C)C)C(=O)c1ccc(CBr)cc1. The van der Waals surface area contributed by atoms with Crippen molar-refractivity contribution in [1.82, 2.24) is 4.90 Å². The summed E-state index contributed by atoms with van der Waals surface area (Å²) >= 11 is 3.43. The second kappa shape index (κ2) is 9.24. The molecule has 2 nitrogen and oxygen atoms in total. The molecule has 1 aromatic rings. The van der Waals surface area contributed by atoms with Crippen molar-refractivity contribution in [3.05, 3.63) is 35.4 Å². The normalized spacial score (nSPS) is 11.2. The fraction of sp³-hybridized carbons (Fsp3) is 0.611. The Morgan fingerprint density at radius 1 is 1.00 bits per heavy atom. The predicted molar refractivity (Wildman–Crippen MR) is 93.9 cm³/mol. The summed E-state index contributed by atoms with van der Waals surface area (Å²) < 4.78 is 0. The van der Waals surface area contributed by atoms with Crippen molar-refractivity contribution in [2.75, 3.05) is 13.1 Å². The summed E-state index contributed by atoms with van der Waals surface area (Å²) in [4.78, 5) is 14.7. The lowest BCUT2D eigenvalue weighted by Crippen LogP contribution is -2.34. The van der Waals surface area contributed by atoms with Crippen molar-refractivity contribution in [1.29, 1.82) is 0 Å². The molecule has 1 amide bonds. The number of amides is 1. The van der Waals surface area contributed by atoms with Crippen LogP contribution in [0, 0.1) is 11.8 Å². The van der Waals surface area contributed by atoms with E-state index >= 15 is 0 Å². The van der Waals surface area contributed by atoms with E-state index in [2.05, 4.69) is 43.6 Å². The quantitative estimate of drug-likeness (QED) is 0.594. The summed E-state index contributed by atoms with van der Waals surface area (Å²) in [6.45, 7) is 10.5. The van der Waals surface area contributed by atoms with Crippen LogP contribution < -0.4 is 0 Å². The van der Waals surface area contributed by atoms with Crippen LogP contribution in [0.15, 0.2) is 24.3 Å². The Labute approximate surface area is 138 Å². The average molecular weight is 354 g/mol. The molecule has 0 heterocycles. The molecule has 0 radical (unpaired) electrons. The first-order valence-electron chi connectivity index (χ1n) is 7.88. The van der Waals surface area contributed by atoms with Crippen molar-refractivity contribution in [3.8, 4) is 0 Å². The van der Waals surface area contributed by atoms with Crippen LogP contribution in [0.2, 0.25) is 0 Å². The van der Waals surface area contributed by atoms with Crippen molar-refractivity contribution in [2.45, 2.75) is 45.9 Å². The Balaban J connectivity index is 2.75. The van der Waals surface area contributed by atoms with Gasteiger partial charge in [-0.25, -0.2) is 0 Å². The third-order valence-corrected chi connectivity index (χ3v) is 4.24. The maximum absolute atomic E-state index is 12.7. The summed E-state index contributed by atoms with van der Waals surface area (Å²) in [5, 5.41) is 0.825. The van der Waals surface area contributed by atoms with Gasteiger partial charge in [-0.05, 0) is 42.4 Å². The largest absolute Gasteiger partial charge is 0.339 e. The van der Waals surface area contributed by atoms with Gasteiger partial charge in [0.05, 0.1) is 0 Å². The number of nitrogens with zero attached hydrogens (tertiary/aromatic N) is 1. The van der Waals surface area contributed by atoms with E-state index < -0.39 is 0 Å². The van der Waals surface area contributed by atoms with Crippen molar-refractivity contribution < 1.29 is 4.79 Å². The number of carbonyl (C=O) groups is 1. The minimum absolute atomic E-state index is 0.164. The minimum Gasteiger partial charge on any atom is -0.339 e. The molecule has 0 saturated carbocycles. The van der Waals surface area contributed by atoms with Crippen LogP contribution >= 0.6 is 15.9 Å². The molecule has 0 aromatic heterocycles. The zero-order chi connectivity index (χ0) is 15.8. The summed E-state index contributed by atoms with van der Waals surface area (Å²) in [7, 11) is 0. The fourth-order valence-electron chi connectivity index (χ4n) is 2.06. The van der Waals surface area contributed by atoms with E-state index in [-0.39, 0.29) is 5.91 Å². The van der Waals surface area contributed by atoms with Gasteiger partial charge in [0, 0.05) is 24.0 Å². The summed E-state index contributed by atoms with van der Waals surface area (Å²) in [5.41, 5.74) is 2.00. The number of halogens is 1. The van der Waals surface area contributed by atoms with Crippen molar-refractivity contribution in [2.24, 2.45) is 11.8 Å². The number of alkyl halides is 1. The molecule has 3 heteroatoms. The van der Waals surface area contributed by atoms with E-state index in [1.165, 1.54) is 5.56 Å². The zero-order valence-corrected chi connectivity index (χ0v) is 15.3. The molecule has 0 aliphatic rings. The molecule has 21 heavy (non-hydrogen) atoms. The highest BCUT2D eigenvalue weighted by atomic mass is 79.9. The second-order valence-corrected chi connectivity index (χ2v) is 7.05. The van der Waals surface area contributed by atoms with Crippen molar-refractivity contribution >= 4 is 21.8 Å². The number of benzene rings is 1. The first-order chi connectivity index (χ1) is 9.93. The van der Waals surface area contributed by atoms with Crippen LogP contribution in [0.1, 0.15) is 56.5 Å². The molecule has 0 aliphatic heterocycles. The van der Waals surface area contributed by atoms with E-state index in [9.17, 15) is 4.79 Å². The maximum Gasteiger partial charge on any atom is 0.253 e. The molecule has 1 rings (SSSR count). The summed E-state index contributed by atoms with van der Waals surface area (Å²) in [6.07, 6.45) is 2.12. The van der Waals surface area contributed by atoms with Gasteiger partial charge in [-0.1, -0.05) is 55.8 Å². The van der Waals surface area contributed by atoms with Gasteiger partial charge in [0.15, 0.2) is 0 Å². The van der Waals surface area contributed by atoms with E-state index in [1.807, 2.05) is 29.2 Å². The van der Waals surface area contributed by atoms with Crippen LogP contribution in [0.25, 0.3) is 0 Å². The van der Waals surface area contributed by atoms with Gasteiger partial charge in [0.25, 0.3) is 5.91 Å². The second-order valence-electron chi connectivity index (χ2n) is 6.49.